The third-order valence-electron chi connectivity index (χ3n) is 10.6. The molecular weight excluding hydrogens is 352 g/mol. The molecule has 0 aromatic heterocycles. The van der Waals surface area contributed by atoms with Gasteiger partial charge in [-0.3, -0.25) is 4.79 Å². The first-order valence-electron chi connectivity index (χ1n) is 12.9. The smallest absolute Gasteiger partial charge is 0.158 e. The molecule has 164 valence electrons. The largest absolute Gasteiger partial charge is 0.295 e. The van der Waals surface area contributed by atoms with Crippen LogP contribution in [0.4, 0.5) is 0 Å². The van der Waals surface area contributed by atoms with Crippen LogP contribution in [0.3, 0.4) is 0 Å². The van der Waals surface area contributed by atoms with E-state index in [1.165, 1.54) is 57.8 Å². The van der Waals surface area contributed by atoms with Crippen LogP contribution in [0, 0.1) is 46.3 Å². The van der Waals surface area contributed by atoms with E-state index >= 15 is 0 Å². The normalized spacial score (nSPS) is 43.2. The molecule has 0 radical (unpaired) electrons. The molecule has 7 atom stereocenters. The van der Waals surface area contributed by atoms with Crippen LogP contribution in [0.1, 0.15) is 112 Å². The van der Waals surface area contributed by atoms with E-state index in [-0.39, 0.29) is 0 Å². The van der Waals surface area contributed by atoms with E-state index < -0.39 is 0 Å². The molecule has 0 unspecified atom stereocenters. The molecule has 0 spiro atoms. The van der Waals surface area contributed by atoms with Gasteiger partial charge in [0.05, 0.1) is 0 Å². The number of hydrogen-bond donors (Lipinski definition) is 0. The standard InChI is InChI=1S/C28H46O/c1-18(2)8-7-9-19(3)22-12-13-24-21-10-11-23-20(4)26(29)15-17-28(23,6)25(21)14-16-27(22,24)5/h18-19,21-22,24-25H,7-17H2,1-6H3/t19-,21+,22-,24+,25+,27-,28-/m0/s1. The van der Waals surface area contributed by atoms with Gasteiger partial charge in [0.25, 0.3) is 0 Å². The summed E-state index contributed by atoms with van der Waals surface area (Å²) in [5.74, 6) is 5.81. The van der Waals surface area contributed by atoms with Crippen molar-refractivity contribution in [3.8, 4) is 0 Å². The quantitative estimate of drug-likeness (QED) is 0.458. The van der Waals surface area contributed by atoms with Crippen LogP contribution in [0.5, 0.6) is 0 Å². The van der Waals surface area contributed by atoms with Gasteiger partial charge in [-0.2, -0.15) is 0 Å². The van der Waals surface area contributed by atoms with Crippen molar-refractivity contribution in [2.24, 2.45) is 46.3 Å². The number of carbonyl (C=O) groups is 1. The van der Waals surface area contributed by atoms with E-state index in [1.807, 2.05) is 0 Å². The maximum absolute atomic E-state index is 12.4. The first-order valence-corrected chi connectivity index (χ1v) is 12.9. The summed E-state index contributed by atoms with van der Waals surface area (Å²) in [4.78, 5) is 12.4. The van der Waals surface area contributed by atoms with Gasteiger partial charge in [-0.25, -0.2) is 0 Å². The van der Waals surface area contributed by atoms with Crippen LogP contribution in [0.25, 0.3) is 0 Å². The van der Waals surface area contributed by atoms with Gasteiger partial charge < -0.3 is 0 Å². The van der Waals surface area contributed by atoms with Crippen molar-refractivity contribution >= 4 is 5.78 Å². The number of rotatable bonds is 5. The van der Waals surface area contributed by atoms with Gasteiger partial charge in [-0.05, 0) is 104 Å². The van der Waals surface area contributed by atoms with Crippen molar-refractivity contribution in [2.75, 3.05) is 0 Å². The van der Waals surface area contributed by atoms with Crippen molar-refractivity contribution in [1.29, 1.82) is 0 Å². The van der Waals surface area contributed by atoms with Gasteiger partial charge in [-0.1, -0.05) is 59.5 Å². The Morgan fingerprint density at radius 1 is 0.931 bits per heavy atom. The third-order valence-corrected chi connectivity index (χ3v) is 10.6. The van der Waals surface area contributed by atoms with Crippen LogP contribution in [-0.2, 0) is 4.79 Å². The fraction of sp³-hybridized carbons (Fsp3) is 0.893. The van der Waals surface area contributed by atoms with Gasteiger partial charge in [0.15, 0.2) is 5.78 Å². The van der Waals surface area contributed by atoms with E-state index in [1.54, 1.807) is 5.57 Å². The maximum Gasteiger partial charge on any atom is 0.158 e. The lowest BCUT2D eigenvalue weighted by atomic mass is 9.46. The number of allylic oxidation sites excluding steroid dienone is 1. The zero-order valence-electron chi connectivity index (χ0n) is 20.2. The van der Waals surface area contributed by atoms with Crippen molar-refractivity contribution in [3.63, 3.8) is 0 Å². The second-order valence-electron chi connectivity index (χ2n) is 12.4. The average molecular weight is 399 g/mol. The molecule has 0 saturated heterocycles. The highest BCUT2D eigenvalue weighted by Crippen LogP contribution is 2.68. The molecule has 3 fully saturated rings. The fourth-order valence-electron chi connectivity index (χ4n) is 9.01. The Labute approximate surface area is 180 Å². The minimum atomic E-state index is 0.323. The van der Waals surface area contributed by atoms with Gasteiger partial charge in [0.2, 0.25) is 0 Å². The Bertz CT molecular complexity index is 672. The monoisotopic (exact) mass is 398 g/mol. The molecule has 0 aromatic rings. The number of Topliss-reactive ketones (excluding diaryl/α,β-unsaturated/α-hetero) is 1. The Balaban J connectivity index is 1.52. The second kappa shape index (κ2) is 7.83. The van der Waals surface area contributed by atoms with Crippen molar-refractivity contribution in [3.05, 3.63) is 11.1 Å². The van der Waals surface area contributed by atoms with Gasteiger partial charge in [0, 0.05) is 6.42 Å². The van der Waals surface area contributed by atoms with E-state index in [0.29, 0.717) is 16.6 Å². The fourth-order valence-corrected chi connectivity index (χ4v) is 9.01. The molecule has 4 rings (SSSR count). The number of fused-ring (bicyclic) bond motifs is 5. The lowest BCUT2D eigenvalue weighted by Gasteiger charge is -2.59. The predicted molar refractivity (Wildman–Crippen MR) is 123 cm³/mol. The Kier molecular flexibility index (Phi) is 5.84. The molecular formula is C28H46O. The summed E-state index contributed by atoms with van der Waals surface area (Å²) in [5.41, 5.74) is 3.61. The third kappa shape index (κ3) is 3.47. The summed E-state index contributed by atoms with van der Waals surface area (Å²) in [6.07, 6.45) is 14.5. The highest BCUT2D eigenvalue weighted by molar-refractivity contribution is 5.96. The minimum absolute atomic E-state index is 0.323. The number of ketones is 1. The minimum Gasteiger partial charge on any atom is -0.295 e. The average Bonchev–Trinajstić information content (AvgIpc) is 3.02. The van der Waals surface area contributed by atoms with Crippen LogP contribution in [0.2, 0.25) is 0 Å². The predicted octanol–water partition coefficient (Wildman–Crippen LogP) is 7.99. The summed E-state index contributed by atoms with van der Waals surface area (Å²) < 4.78 is 0. The van der Waals surface area contributed by atoms with Crippen LogP contribution in [0.15, 0.2) is 11.1 Å². The SMILES string of the molecule is CC1=C2CC[C@@H]3[C@H]4CC[C@@H]([C@@H](C)CCCC(C)C)[C@]4(C)CC[C@H]3[C@@]2(C)CCC1=O. The first-order chi connectivity index (χ1) is 13.7. The van der Waals surface area contributed by atoms with Gasteiger partial charge >= 0.3 is 0 Å². The molecule has 1 nitrogen and oxygen atoms in total. The molecule has 1 heteroatoms. The highest BCUT2D eigenvalue weighted by Gasteiger charge is 2.59. The first kappa shape index (κ1) is 21.6. The van der Waals surface area contributed by atoms with Gasteiger partial charge in [-0.15, -0.1) is 0 Å². The Morgan fingerprint density at radius 3 is 2.41 bits per heavy atom. The lowest BCUT2D eigenvalue weighted by molar-refractivity contribution is -0.118. The topological polar surface area (TPSA) is 17.1 Å². The molecule has 29 heavy (non-hydrogen) atoms. The summed E-state index contributed by atoms with van der Waals surface area (Å²) in [6.45, 7) is 14.7. The summed E-state index contributed by atoms with van der Waals surface area (Å²) in [7, 11) is 0. The maximum atomic E-state index is 12.4. The molecule has 0 amide bonds. The molecule has 0 aromatic carbocycles. The molecule has 0 heterocycles. The lowest BCUT2D eigenvalue weighted by Crippen LogP contribution is -2.51. The summed E-state index contributed by atoms with van der Waals surface area (Å²) in [5, 5.41) is 0. The second-order valence-corrected chi connectivity index (χ2v) is 12.4. The van der Waals surface area contributed by atoms with E-state index in [2.05, 4.69) is 41.5 Å². The zero-order valence-corrected chi connectivity index (χ0v) is 20.2. The summed E-state index contributed by atoms with van der Waals surface area (Å²) >= 11 is 0. The van der Waals surface area contributed by atoms with Crippen molar-refractivity contribution < 1.29 is 4.79 Å². The molecule has 0 bridgehead atoms. The molecule has 3 saturated carbocycles. The number of hydrogen-bond acceptors (Lipinski definition) is 1. The van der Waals surface area contributed by atoms with E-state index in [0.717, 1.165) is 53.9 Å². The zero-order chi connectivity index (χ0) is 21.0. The van der Waals surface area contributed by atoms with Gasteiger partial charge in [0.1, 0.15) is 0 Å². The Morgan fingerprint density at radius 2 is 1.69 bits per heavy atom. The van der Waals surface area contributed by atoms with Crippen LogP contribution >= 0.6 is 0 Å². The Hall–Kier alpha value is -0.590. The van der Waals surface area contributed by atoms with Crippen LogP contribution in [-0.4, -0.2) is 5.78 Å². The molecule has 0 N–H and O–H groups in total. The van der Waals surface area contributed by atoms with E-state index in [9.17, 15) is 4.79 Å². The van der Waals surface area contributed by atoms with Crippen molar-refractivity contribution in [2.45, 2.75) is 112 Å². The van der Waals surface area contributed by atoms with Crippen molar-refractivity contribution in [1.82, 2.24) is 0 Å². The summed E-state index contributed by atoms with van der Waals surface area (Å²) in [6, 6.07) is 0. The molecule has 0 aliphatic heterocycles. The van der Waals surface area contributed by atoms with E-state index in [4.69, 9.17) is 0 Å². The molecule has 4 aliphatic carbocycles. The number of carbonyl (C=O) groups excluding carboxylic acids is 1. The molecule has 4 aliphatic rings. The highest BCUT2D eigenvalue weighted by atomic mass is 16.1. The van der Waals surface area contributed by atoms with Crippen LogP contribution < -0.4 is 0 Å².